The van der Waals surface area contributed by atoms with Crippen molar-refractivity contribution in [1.29, 1.82) is 0 Å². The molecule has 0 unspecified atom stereocenters. The quantitative estimate of drug-likeness (QED) is 0.216. The van der Waals surface area contributed by atoms with E-state index in [9.17, 15) is 9.18 Å². The van der Waals surface area contributed by atoms with Crippen molar-refractivity contribution in [3.05, 3.63) is 59.7 Å². The van der Waals surface area contributed by atoms with Crippen LogP contribution >= 0.6 is 11.6 Å². The van der Waals surface area contributed by atoms with Gasteiger partial charge in [0.2, 0.25) is 5.91 Å². The van der Waals surface area contributed by atoms with Crippen LogP contribution in [-0.4, -0.2) is 60.2 Å². The van der Waals surface area contributed by atoms with Gasteiger partial charge in [0.05, 0.1) is 29.4 Å². The number of likely N-dealkylation sites (N-methyl/N-ethyl adjacent to an activating group) is 1. The lowest BCUT2D eigenvalue weighted by Crippen LogP contribution is -2.20. The second-order valence-electron chi connectivity index (χ2n) is 9.31. The number of unbranched alkanes of at least 4 members (excludes halogenated alkanes) is 2. The number of hydrogen-bond acceptors (Lipinski definition) is 7. The highest BCUT2D eigenvalue weighted by atomic mass is 35.5. The smallest absolute Gasteiger partial charge is 0.248 e. The molecule has 0 spiro atoms. The second kappa shape index (κ2) is 13.5. The van der Waals surface area contributed by atoms with Crippen molar-refractivity contribution in [2.75, 3.05) is 44.0 Å². The van der Waals surface area contributed by atoms with E-state index in [1.54, 1.807) is 18.2 Å². The molecule has 10 heteroatoms. The van der Waals surface area contributed by atoms with Crippen molar-refractivity contribution in [3.8, 4) is 5.75 Å². The molecule has 2 N–H and O–H groups in total. The lowest BCUT2D eigenvalue weighted by molar-refractivity contribution is -0.111. The molecule has 38 heavy (non-hydrogen) atoms. The Morgan fingerprint density at radius 3 is 2.92 bits per heavy atom. The molecule has 202 valence electrons. The van der Waals surface area contributed by atoms with E-state index >= 15 is 0 Å². The predicted molar refractivity (Wildman–Crippen MR) is 149 cm³/mol. The molecule has 8 nitrogen and oxygen atoms in total. The third-order valence-corrected chi connectivity index (χ3v) is 6.48. The maximum atomic E-state index is 13.6. The highest BCUT2D eigenvalue weighted by Gasteiger charge is 2.21. The molecule has 4 rings (SSSR count). The van der Waals surface area contributed by atoms with Crippen molar-refractivity contribution in [2.45, 2.75) is 38.7 Å². The monoisotopic (exact) mass is 541 g/mol. The molecule has 1 amide bonds. The first-order chi connectivity index (χ1) is 18.4. The molecule has 2 heterocycles. The summed E-state index contributed by atoms with van der Waals surface area (Å²) in [4.78, 5) is 23.8. The Morgan fingerprint density at radius 2 is 2.16 bits per heavy atom. The number of carbonyl (C=O) groups is 1. The van der Waals surface area contributed by atoms with Crippen LogP contribution in [0.3, 0.4) is 0 Å². The number of carbonyl (C=O) groups excluding carboxylic acids is 1. The molecule has 1 aromatic heterocycles. The maximum absolute atomic E-state index is 13.6. The van der Waals surface area contributed by atoms with Gasteiger partial charge in [-0.05, 0) is 44.3 Å². The van der Waals surface area contributed by atoms with Crippen molar-refractivity contribution in [1.82, 2.24) is 14.9 Å². The van der Waals surface area contributed by atoms with Crippen molar-refractivity contribution < 1.29 is 18.7 Å². The molecule has 0 saturated carbocycles. The molecule has 1 saturated heterocycles. The minimum absolute atomic E-state index is 0.00132. The molecular weight excluding hydrogens is 509 g/mol. The highest BCUT2D eigenvalue weighted by molar-refractivity contribution is 6.31. The van der Waals surface area contributed by atoms with Crippen LogP contribution in [0.2, 0.25) is 5.02 Å². The Hall–Kier alpha value is -3.27. The molecule has 1 aliphatic heterocycles. The number of anilines is 3. The number of aromatic nitrogens is 2. The van der Waals surface area contributed by atoms with E-state index in [4.69, 9.17) is 21.1 Å². The number of rotatable bonds is 12. The summed E-state index contributed by atoms with van der Waals surface area (Å²) < 4.78 is 25.3. The van der Waals surface area contributed by atoms with E-state index in [2.05, 4.69) is 32.4 Å². The number of fused-ring (bicyclic) bond motifs is 1. The van der Waals surface area contributed by atoms with Gasteiger partial charge >= 0.3 is 0 Å². The Labute approximate surface area is 227 Å². The van der Waals surface area contributed by atoms with Crippen LogP contribution in [0.15, 0.2) is 48.8 Å². The first-order valence-corrected chi connectivity index (χ1v) is 13.2. The summed E-state index contributed by atoms with van der Waals surface area (Å²) >= 11 is 5.94. The average Bonchev–Trinajstić information content (AvgIpc) is 3.40. The van der Waals surface area contributed by atoms with E-state index in [-0.39, 0.29) is 17.0 Å². The van der Waals surface area contributed by atoms with Crippen LogP contribution in [0.5, 0.6) is 5.75 Å². The van der Waals surface area contributed by atoms with Gasteiger partial charge in [-0.2, -0.15) is 0 Å². The zero-order chi connectivity index (χ0) is 26.9. The number of amides is 1. The number of halogens is 2. The van der Waals surface area contributed by atoms with Gasteiger partial charge in [-0.15, -0.1) is 0 Å². The summed E-state index contributed by atoms with van der Waals surface area (Å²) in [5.41, 5.74) is 1.67. The molecule has 0 aliphatic carbocycles. The summed E-state index contributed by atoms with van der Waals surface area (Å²) in [6.07, 6.45) is 8.96. The number of ether oxygens (including phenoxy) is 2. The van der Waals surface area contributed by atoms with Gasteiger partial charge in [0, 0.05) is 36.2 Å². The predicted octanol–water partition coefficient (Wildman–Crippen LogP) is 5.95. The summed E-state index contributed by atoms with van der Waals surface area (Å²) in [5.74, 6) is 0.206. The lowest BCUT2D eigenvalue weighted by Gasteiger charge is -2.18. The summed E-state index contributed by atoms with van der Waals surface area (Å²) in [5, 5.41) is 6.76. The molecule has 2 aromatic carbocycles. The Bertz CT molecular complexity index is 1280. The summed E-state index contributed by atoms with van der Waals surface area (Å²) in [7, 11) is 2.04. The van der Waals surface area contributed by atoms with Gasteiger partial charge in [0.25, 0.3) is 0 Å². The fourth-order valence-corrected chi connectivity index (χ4v) is 4.29. The van der Waals surface area contributed by atoms with Crippen LogP contribution in [0, 0.1) is 5.82 Å². The molecule has 0 radical (unpaired) electrons. The van der Waals surface area contributed by atoms with E-state index in [1.807, 2.05) is 13.1 Å². The van der Waals surface area contributed by atoms with Crippen molar-refractivity contribution in [3.63, 3.8) is 0 Å². The standard InChI is InChI=1S/C28H33ClFN5O3/c1-3-4-5-11-35(2)12-6-7-27(36)34-25-15-21-24(16-26(25)38-20-10-13-37-17-20)31-18-32-28(21)33-19-8-9-23(30)22(29)14-19/h6-9,14-16,18,20H,3-5,10-13,17H2,1-2H3,(H,34,36)(H,31,32,33)/b7-6+/t20-/m0/s1. The fourth-order valence-electron chi connectivity index (χ4n) is 4.11. The average molecular weight is 542 g/mol. The van der Waals surface area contributed by atoms with Crippen LogP contribution in [0.25, 0.3) is 10.9 Å². The fraction of sp³-hybridized carbons (Fsp3) is 0.393. The normalized spacial score (nSPS) is 15.4. The van der Waals surface area contributed by atoms with Crippen LogP contribution in [0.1, 0.15) is 32.6 Å². The maximum Gasteiger partial charge on any atom is 0.248 e. The van der Waals surface area contributed by atoms with E-state index in [0.29, 0.717) is 53.6 Å². The largest absolute Gasteiger partial charge is 0.486 e. The molecule has 0 bridgehead atoms. The highest BCUT2D eigenvalue weighted by Crippen LogP contribution is 2.35. The molecule has 1 aliphatic rings. The molecule has 1 fully saturated rings. The van der Waals surface area contributed by atoms with Gasteiger partial charge in [-0.25, -0.2) is 14.4 Å². The zero-order valence-corrected chi connectivity index (χ0v) is 22.4. The zero-order valence-electron chi connectivity index (χ0n) is 21.7. The Morgan fingerprint density at radius 1 is 1.29 bits per heavy atom. The van der Waals surface area contributed by atoms with Crippen molar-refractivity contribution >= 4 is 45.6 Å². The van der Waals surface area contributed by atoms with E-state index in [0.717, 1.165) is 19.4 Å². The first-order valence-electron chi connectivity index (χ1n) is 12.8. The van der Waals surface area contributed by atoms with E-state index in [1.165, 1.54) is 37.4 Å². The lowest BCUT2D eigenvalue weighted by atomic mass is 10.1. The molecular formula is C28H33ClFN5O3. The van der Waals surface area contributed by atoms with Crippen LogP contribution < -0.4 is 15.4 Å². The SMILES string of the molecule is CCCCCN(C)C/C=C/C(=O)Nc1cc2c(Nc3ccc(F)c(Cl)c3)ncnc2cc1O[C@H]1CCOC1. The minimum Gasteiger partial charge on any atom is -0.486 e. The van der Waals surface area contributed by atoms with Gasteiger partial charge in [-0.3, -0.25) is 4.79 Å². The third-order valence-electron chi connectivity index (χ3n) is 6.19. The van der Waals surface area contributed by atoms with Crippen LogP contribution in [-0.2, 0) is 9.53 Å². The van der Waals surface area contributed by atoms with Gasteiger partial charge in [0.1, 0.15) is 29.8 Å². The number of benzene rings is 2. The number of nitrogens with zero attached hydrogens (tertiary/aromatic N) is 3. The minimum atomic E-state index is -0.507. The molecule has 3 aromatic rings. The number of hydrogen-bond donors (Lipinski definition) is 2. The Balaban J connectivity index is 1.57. The third kappa shape index (κ3) is 7.63. The first kappa shape index (κ1) is 27.8. The summed E-state index contributed by atoms with van der Waals surface area (Å²) in [6, 6.07) is 7.88. The van der Waals surface area contributed by atoms with Gasteiger partial charge < -0.3 is 25.0 Å². The number of nitrogens with one attached hydrogen (secondary N) is 2. The Kier molecular flexibility index (Phi) is 9.86. The molecule has 1 atom stereocenters. The van der Waals surface area contributed by atoms with E-state index < -0.39 is 5.82 Å². The van der Waals surface area contributed by atoms with Gasteiger partial charge in [0.15, 0.2) is 0 Å². The van der Waals surface area contributed by atoms with Crippen molar-refractivity contribution in [2.24, 2.45) is 0 Å². The van der Waals surface area contributed by atoms with Crippen LogP contribution in [0.4, 0.5) is 21.6 Å². The second-order valence-corrected chi connectivity index (χ2v) is 9.71. The summed E-state index contributed by atoms with van der Waals surface area (Å²) in [6.45, 7) is 4.96. The van der Waals surface area contributed by atoms with Gasteiger partial charge in [-0.1, -0.05) is 37.4 Å². The topological polar surface area (TPSA) is 88.6 Å².